The Morgan fingerprint density at radius 3 is 3.06 bits per heavy atom. The highest BCUT2D eigenvalue weighted by Gasteiger charge is 2.10. The number of carbonyl (C=O) groups is 1. The lowest BCUT2D eigenvalue weighted by molar-refractivity contribution is 0.0939. The molecule has 0 radical (unpaired) electrons. The van der Waals surface area contributed by atoms with Crippen molar-refractivity contribution in [2.24, 2.45) is 7.05 Å². The molecule has 0 aromatic carbocycles. The van der Waals surface area contributed by atoms with Crippen molar-refractivity contribution < 1.29 is 9.32 Å². The van der Waals surface area contributed by atoms with Crippen LogP contribution < -0.4 is 11.1 Å². The number of nitrogens with two attached hydrogens (primary N) is 1. The van der Waals surface area contributed by atoms with Crippen LogP contribution in [0.25, 0.3) is 0 Å². The number of aryl methyl sites for hydroxylation is 1. The third-order valence-electron chi connectivity index (χ3n) is 2.17. The summed E-state index contributed by atoms with van der Waals surface area (Å²) in [5.41, 5.74) is 6.65. The summed E-state index contributed by atoms with van der Waals surface area (Å²) in [6.45, 7) is 0.309. The van der Waals surface area contributed by atoms with E-state index in [9.17, 15) is 4.79 Å². The van der Waals surface area contributed by atoms with Crippen LogP contribution in [0.2, 0.25) is 0 Å². The Morgan fingerprint density at radius 2 is 2.50 bits per heavy atom. The molecule has 0 aliphatic carbocycles. The minimum Gasteiger partial charge on any atom is -0.397 e. The van der Waals surface area contributed by atoms with E-state index in [2.05, 4.69) is 10.5 Å². The molecule has 0 aliphatic rings. The molecular formula is C10H12N4O2. The Bertz CT molecular complexity index is 487. The predicted molar refractivity (Wildman–Crippen MR) is 57.5 cm³/mol. The van der Waals surface area contributed by atoms with E-state index >= 15 is 0 Å². The number of rotatable bonds is 3. The monoisotopic (exact) mass is 220 g/mol. The zero-order valence-electron chi connectivity index (χ0n) is 8.80. The maximum absolute atomic E-state index is 11.7. The van der Waals surface area contributed by atoms with Crippen molar-refractivity contribution in [1.29, 1.82) is 0 Å². The fourth-order valence-electron chi connectivity index (χ4n) is 1.41. The minimum absolute atomic E-state index is 0.199. The summed E-state index contributed by atoms with van der Waals surface area (Å²) in [6.07, 6.45) is 3.21. The number of hydrogen-bond acceptors (Lipinski definition) is 4. The molecule has 0 saturated carbocycles. The normalized spacial score (nSPS) is 10.3. The molecule has 1 amide bonds. The smallest absolute Gasteiger partial charge is 0.268 e. The van der Waals surface area contributed by atoms with Crippen LogP contribution in [-0.2, 0) is 13.6 Å². The first-order valence-corrected chi connectivity index (χ1v) is 4.76. The van der Waals surface area contributed by atoms with Gasteiger partial charge >= 0.3 is 0 Å². The summed E-state index contributed by atoms with van der Waals surface area (Å²) < 4.78 is 6.53. The molecule has 0 spiro atoms. The standard InChI is InChI=1S/C10H12N4O2/c1-14-6-7(11)4-9(14)10(15)12-5-8-2-3-13-16-8/h2-4,6H,5,11H2,1H3,(H,12,15). The number of hydrogen-bond donors (Lipinski definition) is 2. The third kappa shape index (κ3) is 2.05. The molecule has 2 heterocycles. The zero-order chi connectivity index (χ0) is 11.5. The van der Waals surface area contributed by atoms with Crippen LogP contribution in [0.15, 0.2) is 29.0 Å². The van der Waals surface area contributed by atoms with Gasteiger partial charge in [-0.2, -0.15) is 0 Å². The second kappa shape index (κ2) is 4.09. The van der Waals surface area contributed by atoms with Gasteiger partial charge < -0.3 is 20.1 Å². The lowest BCUT2D eigenvalue weighted by Crippen LogP contribution is -2.24. The molecule has 3 N–H and O–H groups in total. The molecule has 0 fully saturated rings. The Morgan fingerprint density at radius 1 is 1.69 bits per heavy atom. The summed E-state index contributed by atoms with van der Waals surface area (Å²) >= 11 is 0. The molecule has 2 rings (SSSR count). The van der Waals surface area contributed by atoms with E-state index in [4.69, 9.17) is 10.3 Å². The fraction of sp³-hybridized carbons (Fsp3) is 0.200. The first kappa shape index (κ1) is 10.3. The van der Waals surface area contributed by atoms with Crippen LogP contribution in [0.5, 0.6) is 0 Å². The van der Waals surface area contributed by atoms with Crippen LogP contribution in [0.1, 0.15) is 16.2 Å². The van der Waals surface area contributed by atoms with Crippen LogP contribution in [0.4, 0.5) is 5.69 Å². The van der Waals surface area contributed by atoms with Crippen LogP contribution >= 0.6 is 0 Å². The molecule has 16 heavy (non-hydrogen) atoms. The zero-order valence-corrected chi connectivity index (χ0v) is 8.80. The lowest BCUT2D eigenvalue weighted by Gasteiger charge is -2.03. The molecule has 6 nitrogen and oxygen atoms in total. The van der Waals surface area contributed by atoms with Crippen LogP contribution in [0, 0.1) is 0 Å². The predicted octanol–water partition coefficient (Wildman–Crippen LogP) is 0.525. The largest absolute Gasteiger partial charge is 0.397 e. The SMILES string of the molecule is Cn1cc(N)cc1C(=O)NCc1ccno1. The number of amides is 1. The van der Waals surface area contributed by atoms with Gasteiger partial charge in [-0.15, -0.1) is 0 Å². The Balaban J connectivity index is 2.01. The maximum atomic E-state index is 11.7. The highest BCUT2D eigenvalue weighted by atomic mass is 16.5. The maximum Gasteiger partial charge on any atom is 0.268 e. The molecule has 0 unspecified atom stereocenters. The number of anilines is 1. The van der Waals surface area contributed by atoms with Crippen molar-refractivity contribution >= 4 is 11.6 Å². The summed E-state index contributed by atoms with van der Waals surface area (Å²) in [6, 6.07) is 3.31. The average molecular weight is 220 g/mol. The summed E-state index contributed by atoms with van der Waals surface area (Å²) in [7, 11) is 1.76. The van der Waals surface area contributed by atoms with Crippen molar-refractivity contribution in [1.82, 2.24) is 15.0 Å². The molecule has 0 bridgehead atoms. The quantitative estimate of drug-likeness (QED) is 0.789. The molecule has 2 aromatic heterocycles. The highest BCUT2D eigenvalue weighted by Crippen LogP contribution is 2.08. The Labute approximate surface area is 92.0 Å². The van der Waals surface area contributed by atoms with E-state index < -0.39 is 0 Å². The molecule has 6 heteroatoms. The second-order valence-electron chi connectivity index (χ2n) is 3.43. The lowest BCUT2D eigenvalue weighted by atomic mass is 10.3. The fourth-order valence-corrected chi connectivity index (χ4v) is 1.41. The van der Waals surface area contributed by atoms with E-state index in [1.54, 1.807) is 29.9 Å². The van der Waals surface area contributed by atoms with Gasteiger partial charge in [-0.25, -0.2) is 0 Å². The van der Waals surface area contributed by atoms with Gasteiger partial charge in [0.05, 0.1) is 18.4 Å². The molecule has 0 aliphatic heterocycles. The van der Waals surface area contributed by atoms with Gasteiger partial charge in [0.1, 0.15) is 5.69 Å². The van der Waals surface area contributed by atoms with Gasteiger partial charge in [0.15, 0.2) is 5.76 Å². The molecule has 0 atom stereocenters. The topological polar surface area (TPSA) is 86.1 Å². The van der Waals surface area contributed by atoms with E-state index in [-0.39, 0.29) is 5.91 Å². The van der Waals surface area contributed by atoms with E-state index in [1.807, 2.05) is 0 Å². The number of carbonyl (C=O) groups excluding carboxylic acids is 1. The van der Waals surface area contributed by atoms with Gasteiger partial charge in [-0.1, -0.05) is 5.16 Å². The summed E-state index contributed by atoms with van der Waals surface area (Å²) in [4.78, 5) is 11.7. The van der Waals surface area contributed by atoms with Gasteiger partial charge in [-0.3, -0.25) is 4.79 Å². The van der Waals surface area contributed by atoms with Crippen molar-refractivity contribution in [2.45, 2.75) is 6.54 Å². The second-order valence-corrected chi connectivity index (χ2v) is 3.43. The van der Waals surface area contributed by atoms with Gasteiger partial charge in [0.2, 0.25) is 0 Å². The van der Waals surface area contributed by atoms with E-state index in [1.165, 1.54) is 6.20 Å². The Hall–Kier alpha value is -2.24. The van der Waals surface area contributed by atoms with Crippen molar-refractivity contribution in [3.05, 3.63) is 36.0 Å². The summed E-state index contributed by atoms with van der Waals surface area (Å²) in [5.74, 6) is 0.408. The number of nitrogen functional groups attached to an aromatic ring is 1. The Kier molecular flexibility index (Phi) is 2.63. The minimum atomic E-state index is -0.199. The highest BCUT2D eigenvalue weighted by molar-refractivity contribution is 5.93. The number of nitrogens with one attached hydrogen (secondary N) is 1. The van der Waals surface area contributed by atoms with Crippen molar-refractivity contribution in [3.63, 3.8) is 0 Å². The first-order valence-electron chi connectivity index (χ1n) is 4.76. The van der Waals surface area contributed by atoms with Crippen LogP contribution in [-0.4, -0.2) is 15.6 Å². The molecule has 0 saturated heterocycles. The third-order valence-corrected chi connectivity index (χ3v) is 2.17. The van der Waals surface area contributed by atoms with Gasteiger partial charge in [0, 0.05) is 19.3 Å². The number of nitrogens with zero attached hydrogens (tertiary/aromatic N) is 2. The van der Waals surface area contributed by atoms with Crippen molar-refractivity contribution in [3.8, 4) is 0 Å². The van der Waals surface area contributed by atoms with E-state index in [0.29, 0.717) is 23.7 Å². The average Bonchev–Trinajstić information content (AvgIpc) is 2.84. The number of aromatic nitrogens is 2. The van der Waals surface area contributed by atoms with Gasteiger partial charge in [0.25, 0.3) is 5.91 Å². The summed E-state index contributed by atoms with van der Waals surface area (Å²) in [5, 5.41) is 6.25. The van der Waals surface area contributed by atoms with Crippen molar-refractivity contribution in [2.75, 3.05) is 5.73 Å². The molecular weight excluding hydrogens is 208 g/mol. The van der Waals surface area contributed by atoms with Crippen LogP contribution in [0.3, 0.4) is 0 Å². The molecule has 2 aromatic rings. The molecule has 84 valence electrons. The van der Waals surface area contributed by atoms with E-state index in [0.717, 1.165) is 0 Å². The first-order chi connectivity index (χ1) is 7.66. The van der Waals surface area contributed by atoms with Gasteiger partial charge in [-0.05, 0) is 6.07 Å².